The second-order valence-electron chi connectivity index (χ2n) is 7.98. The van der Waals surface area contributed by atoms with E-state index in [-0.39, 0.29) is 37.0 Å². The van der Waals surface area contributed by atoms with Crippen molar-refractivity contribution in [2.45, 2.75) is 53.1 Å². The number of anilines is 2. The maximum absolute atomic E-state index is 13.2. The van der Waals surface area contributed by atoms with Crippen molar-refractivity contribution in [3.05, 3.63) is 74.3 Å². The van der Waals surface area contributed by atoms with Gasteiger partial charge in [0.1, 0.15) is 17.3 Å². The lowest BCUT2D eigenvalue weighted by atomic mass is 10.1. The molecular weight excluding hydrogens is 424 g/mol. The molecule has 1 aromatic carbocycles. The molecule has 3 N–H and O–H groups in total. The SMILES string of the molecule is CCCCn1c(N)c(N(Cc2ccco2)C(=O)CCOc2cc(C)cc(C)c2)c(=O)[nH]c1=O. The molecule has 9 nitrogen and oxygen atoms in total. The van der Waals surface area contributed by atoms with Crippen molar-refractivity contribution < 1.29 is 13.9 Å². The molecule has 0 radical (unpaired) electrons. The molecule has 9 heteroatoms. The Kier molecular flexibility index (Phi) is 7.76. The zero-order chi connectivity index (χ0) is 24.0. The Morgan fingerprint density at radius 3 is 2.58 bits per heavy atom. The Hall–Kier alpha value is -3.75. The largest absolute Gasteiger partial charge is 0.493 e. The van der Waals surface area contributed by atoms with E-state index < -0.39 is 11.2 Å². The average molecular weight is 455 g/mol. The number of carbonyl (C=O) groups excluding carboxylic acids is 1. The zero-order valence-corrected chi connectivity index (χ0v) is 19.2. The minimum atomic E-state index is -0.722. The second kappa shape index (κ2) is 10.7. The number of H-pyrrole nitrogens is 1. The van der Waals surface area contributed by atoms with Crippen molar-refractivity contribution in [3.8, 4) is 5.75 Å². The molecule has 0 fully saturated rings. The number of aromatic amines is 1. The van der Waals surface area contributed by atoms with Gasteiger partial charge in [0.05, 0.1) is 25.8 Å². The number of nitrogen functional groups attached to an aromatic ring is 1. The van der Waals surface area contributed by atoms with Crippen molar-refractivity contribution in [2.75, 3.05) is 17.2 Å². The number of hydrogen-bond acceptors (Lipinski definition) is 6. The molecule has 0 aliphatic rings. The van der Waals surface area contributed by atoms with E-state index in [4.69, 9.17) is 14.9 Å². The number of amides is 1. The van der Waals surface area contributed by atoms with Crippen LogP contribution in [-0.2, 0) is 17.9 Å². The summed E-state index contributed by atoms with van der Waals surface area (Å²) in [7, 11) is 0. The summed E-state index contributed by atoms with van der Waals surface area (Å²) in [5.74, 6) is 0.716. The molecule has 0 atom stereocenters. The highest BCUT2D eigenvalue weighted by Crippen LogP contribution is 2.22. The molecule has 2 heterocycles. The Morgan fingerprint density at radius 1 is 1.21 bits per heavy atom. The first kappa shape index (κ1) is 23.9. The first-order valence-electron chi connectivity index (χ1n) is 11.0. The number of rotatable bonds is 10. The molecule has 0 unspecified atom stereocenters. The van der Waals surface area contributed by atoms with Crippen LogP contribution in [0.15, 0.2) is 50.6 Å². The van der Waals surface area contributed by atoms with Crippen LogP contribution < -0.4 is 26.6 Å². The highest BCUT2D eigenvalue weighted by molar-refractivity contribution is 5.95. The summed E-state index contributed by atoms with van der Waals surface area (Å²) < 4.78 is 12.4. The van der Waals surface area contributed by atoms with Gasteiger partial charge >= 0.3 is 5.69 Å². The number of nitrogens with one attached hydrogen (secondary N) is 1. The molecule has 3 aromatic rings. The third-order valence-electron chi connectivity index (χ3n) is 5.19. The molecule has 0 saturated heterocycles. The minimum absolute atomic E-state index is 0.000659. The Balaban J connectivity index is 1.88. The van der Waals surface area contributed by atoms with Crippen LogP contribution in [0.5, 0.6) is 5.75 Å². The summed E-state index contributed by atoms with van der Waals surface area (Å²) in [6, 6.07) is 9.21. The summed E-state index contributed by atoms with van der Waals surface area (Å²) in [5.41, 5.74) is 6.96. The van der Waals surface area contributed by atoms with Gasteiger partial charge in [-0.05, 0) is 55.7 Å². The molecular formula is C24H30N4O5. The molecule has 33 heavy (non-hydrogen) atoms. The summed E-state index contributed by atoms with van der Waals surface area (Å²) in [4.78, 5) is 41.8. The number of unbranched alkanes of at least 4 members (excludes halogenated alkanes) is 1. The van der Waals surface area contributed by atoms with Gasteiger partial charge in [0.25, 0.3) is 5.56 Å². The lowest BCUT2D eigenvalue weighted by Gasteiger charge is -2.24. The number of nitrogens with zero attached hydrogens (tertiary/aromatic N) is 2. The van der Waals surface area contributed by atoms with E-state index in [1.54, 1.807) is 12.1 Å². The Morgan fingerprint density at radius 2 is 1.94 bits per heavy atom. The van der Waals surface area contributed by atoms with Gasteiger partial charge in [0, 0.05) is 6.54 Å². The van der Waals surface area contributed by atoms with E-state index in [1.165, 1.54) is 15.7 Å². The zero-order valence-electron chi connectivity index (χ0n) is 19.2. The van der Waals surface area contributed by atoms with Gasteiger partial charge in [-0.1, -0.05) is 19.4 Å². The summed E-state index contributed by atoms with van der Waals surface area (Å²) >= 11 is 0. The fraction of sp³-hybridized carbons (Fsp3) is 0.375. The van der Waals surface area contributed by atoms with E-state index in [1.807, 2.05) is 39.0 Å². The highest BCUT2D eigenvalue weighted by Gasteiger charge is 2.25. The molecule has 0 spiro atoms. The van der Waals surface area contributed by atoms with Gasteiger partial charge in [-0.2, -0.15) is 0 Å². The molecule has 0 aliphatic carbocycles. The molecule has 0 bridgehead atoms. The van der Waals surface area contributed by atoms with Crippen LogP contribution in [0.1, 0.15) is 43.1 Å². The summed E-state index contributed by atoms with van der Waals surface area (Å²) in [6.07, 6.45) is 3.02. The predicted octanol–water partition coefficient (Wildman–Crippen LogP) is 3.13. The van der Waals surface area contributed by atoms with Crippen LogP contribution in [0.2, 0.25) is 0 Å². The van der Waals surface area contributed by atoms with Crippen LogP contribution >= 0.6 is 0 Å². The van der Waals surface area contributed by atoms with Crippen molar-refractivity contribution in [1.82, 2.24) is 9.55 Å². The lowest BCUT2D eigenvalue weighted by Crippen LogP contribution is -2.41. The van der Waals surface area contributed by atoms with Gasteiger partial charge in [0.15, 0.2) is 5.69 Å². The number of hydrogen-bond donors (Lipinski definition) is 2. The summed E-state index contributed by atoms with van der Waals surface area (Å²) in [6.45, 7) is 6.37. The molecule has 0 aliphatic heterocycles. The number of carbonyl (C=O) groups is 1. The minimum Gasteiger partial charge on any atom is -0.493 e. The summed E-state index contributed by atoms with van der Waals surface area (Å²) in [5, 5.41) is 0. The number of nitrogens with two attached hydrogens (primary N) is 1. The van der Waals surface area contributed by atoms with Crippen LogP contribution in [0, 0.1) is 13.8 Å². The number of aromatic nitrogens is 2. The monoisotopic (exact) mass is 454 g/mol. The van der Waals surface area contributed by atoms with Crippen molar-refractivity contribution in [1.29, 1.82) is 0 Å². The molecule has 1 amide bonds. The molecule has 2 aromatic heterocycles. The Labute approximate surface area is 191 Å². The van der Waals surface area contributed by atoms with Crippen LogP contribution in [0.25, 0.3) is 0 Å². The van der Waals surface area contributed by atoms with Gasteiger partial charge in [0.2, 0.25) is 5.91 Å². The first-order chi connectivity index (χ1) is 15.8. The smallest absolute Gasteiger partial charge is 0.330 e. The maximum atomic E-state index is 13.2. The van der Waals surface area contributed by atoms with E-state index in [9.17, 15) is 14.4 Å². The van der Waals surface area contributed by atoms with Gasteiger partial charge in [-0.25, -0.2) is 4.79 Å². The number of aryl methyl sites for hydroxylation is 2. The van der Waals surface area contributed by atoms with Crippen LogP contribution in [0.3, 0.4) is 0 Å². The second-order valence-corrected chi connectivity index (χ2v) is 7.98. The van der Waals surface area contributed by atoms with Gasteiger partial charge in [-0.3, -0.25) is 24.0 Å². The van der Waals surface area contributed by atoms with E-state index in [0.29, 0.717) is 24.5 Å². The van der Waals surface area contributed by atoms with Crippen molar-refractivity contribution in [3.63, 3.8) is 0 Å². The molecule has 0 saturated carbocycles. The first-order valence-corrected chi connectivity index (χ1v) is 11.0. The fourth-order valence-electron chi connectivity index (χ4n) is 3.63. The lowest BCUT2D eigenvalue weighted by molar-refractivity contribution is -0.119. The van der Waals surface area contributed by atoms with Crippen molar-refractivity contribution >= 4 is 17.4 Å². The normalized spacial score (nSPS) is 10.9. The highest BCUT2D eigenvalue weighted by atomic mass is 16.5. The Bertz CT molecular complexity index is 1190. The quantitative estimate of drug-likeness (QED) is 0.485. The third-order valence-corrected chi connectivity index (χ3v) is 5.19. The maximum Gasteiger partial charge on any atom is 0.330 e. The number of furan rings is 1. The van der Waals surface area contributed by atoms with Gasteiger partial charge < -0.3 is 14.9 Å². The number of ether oxygens (including phenoxy) is 1. The van der Waals surface area contributed by atoms with Crippen molar-refractivity contribution in [2.24, 2.45) is 0 Å². The fourth-order valence-corrected chi connectivity index (χ4v) is 3.63. The standard InChI is InChI=1S/C24H30N4O5/c1-4-5-9-27-22(25)21(23(30)26-24(27)31)28(15-18-7-6-10-32-18)20(29)8-11-33-19-13-16(2)12-17(3)14-19/h6-7,10,12-14H,4-5,8-9,11,15,25H2,1-3H3,(H,26,30,31). The predicted molar refractivity (Wildman–Crippen MR) is 127 cm³/mol. The topological polar surface area (TPSA) is 124 Å². The number of benzene rings is 1. The molecule has 3 rings (SSSR count). The van der Waals surface area contributed by atoms with Crippen LogP contribution in [0.4, 0.5) is 11.5 Å². The van der Waals surface area contributed by atoms with E-state index in [2.05, 4.69) is 4.98 Å². The third kappa shape index (κ3) is 5.94. The van der Waals surface area contributed by atoms with Gasteiger partial charge in [-0.15, -0.1) is 0 Å². The van der Waals surface area contributed by atoms with Crippen LogP contribution in [-0.4, -0.2) is 22.1 Å². The molecule has 176 valence electrons. The average Bonchev–Trinajstić information content (AvgIpc) is 3.25. The van der Waals surface area contributed by atoms with E-state index >= 15 is 0 Å². The van der Waals surface area contributed by atoms with E-state index in [0.717, 1.165) is 17.5 Å².